The minimum absolute atomic E-state index is 0.727. The van der Waals surface area contributed by atoms with Crippen LogP contribution in [0.2, 0.25) is 0 Å². The number of benzene rings is 2. The maximum Gasteiger partial charge on any atom is 0.134 e. The summed E-state index contributed by atoms with van der Waals surface area (Å²) in [5.41, 5.74) is 3.96. The van der Waals surface area contributed by atoms with Gasteiger partial charge >= 0.3 is 0 Å². The van der Waals surface area contributed by atoms with Crippen molar-refractivity contribution < 1.29 is 4.74 Å². The molecule has 2 aromatic rings. The molecule has 0 aliphatic heterocycles. The normalized spacial score (nSPS) is 9.91. The minimum atomic E-state index is 0.727. The molecule has 0 saturated heterocycles. The van der Waals surface area contributed by atoms with Gasteiger partial charge in [0, 0.05) is 11.1 Å². The maximum atomic E-state index is 6.19. The van der Waals surface area contributed by atoms with E-state index in [1.807, 2.05) is 60.7 Å². The SMILES string of the molecule is C=CCC(=C)c1ccccc1Oc1ccccc1C(=C)CC=C. The highest BCUT2D eigenvalue weighted by atomic mass is 16.5. The second-order valence-corrected chi connectivity index (χ2v) is 5.29. The van der Waals surface area contributed by atoms with Crippen LogP contribution in [0.4, 0.5) is 0 Å². The topological polar surface area (TPSA) is 9.23 Å². The molecular formula is C22H22O. The molecule has 1 heteroatoms. The summed E-state index contributed by atoms with van der Waals surface area (Å²) in [6.45, 7) is 15.8. The molecule has 0 fully saturated rings. The fourth-order valence-corrected chi connectivity index (χ4v) is 2.38. The molecule has 0 aliphatic rings. The van der Waals surface area contributed by atoms with Crippen LogP contribution in [-0.4, -0.2) is 0 Å². The summed E-state index contributed by atoms with van der Waals surface area (Å²) in [5.74, 6) is 1.58. The van der Waals surface area contributed by atoms with Crippen LogP contribution in [0, 0.1) is 0 Å². The average molecular weight is 302 g/mol. The van der Waals surface area contributed by atoms with Gasteiger partial charge in [0.2, 0.25) is 0 Å². The van der Waals surface area contributed by atoms with Gasteiger partial charge in [0.1, 0.15) is 11.5 Å². The van der Waals surface area contributed by atoms with E-state index in [1.54, 1.807) is 0 Å². The number of rotatable bonds is 8. The zero-order chi connectivity index (χ0) is 16.7. The molecule has 0 atom stereocenters. The predicted octanol–water partition coefficient (Wildman–Crippen LogP) is 6.66. The summed E-state index contributed by atoms with van der Waals surface area (Å²) >= 11 is 0. The molecule has 116 valence electrons. The van der Waals surface area contributed by atoms with Gasteiger partial charge < -0.3 is 4.74 Å². The first-order valence-electron chi connectivity index (χ1n) is 7.61. The van der Waals surface area contributed by atoms with E-state index in [0.29, 0.717) is 0 Å². The van der Waals surface area contributed by atoms with E-state index in [-0.39, 0.29) is 0 Å². The lowest BCUT2D eigenvalue weighted by Gasteiger charge is -2.15. The first-order chi connectivity index (χ1) is 11.2. The third kappa shape index (κ3) is 4.10. The summed E-state index contributed by atoms with van der Waals surface area (Å²) in [7, 11) is 0. The van der Waals surface area contributed by atoms with Gasteiger partial charge in [-0.15, -0.1) is 13.2 Å². The molecule has 0 aromatic heterocycles. The maximum absolute atomic E-state index is 6.19. The van der Waals surface area contributed by atoms with Gasteiger partial charge in [-0.05, 0) is 36.1 Å². The molecule has 0 aliphatic carbocycles. The van der Waals surface area contributed by atoms with Crippen molar-refractivity contribution in [2.45, 2.75) is 12.8 Å². The monoisotopic (exact) mass is 302 g/mol. The molecule has 23 heavy (non-hydrogen) atoms. The van der Waals surface area contributed by atoms with Gasteiger partial charge in [0.15, 0.2) is 0 Å². The third-order valence-electron chi connectivity index (χ3n) is 3.54. The zero-order valence-electron chi connectivity index (χ0n) is 13.4. The molecule has 0 amide bonds. The van der Waals surface area contributed by atoms with Gasteiger partial charge in [0.05, 0.1) is 0 Å². The Morgan fingerprint density at radius 3 is 1.52 bits per heavy atom. The predicted molar refractivity (Wildman–Crippen MR) is 101 cm³/mol. The molecular weight excluding hydrogens is 280 g/mol. The Kier molecular flexibility index (Phi) is 5.76. The van der Waals surface area contributed by atoms with Crippen molar-refractivity contribution in [1.82, 2.24) is 0 Å². The Morgan fingerprint density at radius 1 is 0.739 bits per heavy atom. The van der Waals surface area contributed by atoms with Crippen LogP contribution < -0.4 is 4.74 Å². The number of hydrogen-bond donors (Lipinski definition) is 0. The summed E-state index contributed by atoms with van der Waals surface area (Å²) in [6, 6.07) is 15.8. The van der Waals surface area contributed by atoms with Crippen LogP contribution in [0.5, 0.6) is 11.5 Å². The summed E-state index contributed by atoms with van der Waals surface area (Å²) < 4.78 is 6.19. The second kappa shape index (κ2) is 8.00. The molecule has 0 saturated carbocycles. The van der Waals surface area contributed by atoms with Crippen LogP contribution in [-0.2, 0) is 0 Å². The van der Waals surface area contributed by atoms with E-state index < -0.39 is 0 Å². The summed E-state index contributed by atoms with van der Waals surface area (Å²) in [4.78, 5) is 0. The fraction of sp³-hybridized carbons (Fsp3) is 0.0909. The van der Waals surface area contributed by atoms with Crippen molar-refractivity contribution >= 4 is 11.1 Å². The first kappa shape index (κ1) is 16.6. The first-order valence-corrected chi connectivity index (χ1v) is 7.61. The van der Waals surface area contributed by atoms with Crippen molar-refractivity contribution in [3.8, 4) is 11.5 Å². The highest BCUT2D eigenvalue weighted by molar-refractivity contribution is 5.72. The lowest BCUT2D eigenvalue weighted by Crippen LogP contribution is -1.94. The lowest BCUT2D eigenvalue weighted by molar-refractivity contribution is 0.479. The van der Waals surface area contributed by atoms with Gasteiger partial charge in [-0.1, -0.05) is 61.7 Å². The Balaban J connectivity index is 2.37. The molecule has 0 heterocycles. The molecule has 2 rings (SSSR count). The van der Waals surface area contributed by atoms with E-state index in [4.69, 9.17) is 4.74 Å². The zero-order valence-corrected chi connectivity index (χ0v) is 13.4. The standard InChI is InChI=1S/C22H22O/c1-5-11-17(3)19-13-7-9-15-21(19)23-22-16-10-8-14-20(22)18(4)12-6-2/h5-10,13-16H,1-4,11-12H2. The Labute approximate surface area is 138 Å². The van der Waals surface area contributed by atoms with Crippen LogP contribution in [0.1, 0.15) is 24.0 Å². The second-order valence-electron chi connectivity index (χ2n) is 5.29. The van der Waals surface area contributed by atoms with Crippen molar-refractivity contribution in [2.24, 2.45) is 0 Å². The van der Waals surface area contributed by atoms with E-state index in [9.17, 15) is 0 Å². The van der Waals surface area contributed by atoms with E-state index >= 15 is 0 Å². The van der Waals surface area contributed by atoms with Crippen molar-refractivity contribution in [2.75, 3.05) is 0 Å². The van der Waals surface area contributed by atoms with Crippen LogP contribution in [0.15, 0.2) is 87.0 Å². The highest BCUT2D eigenvalue weighted by Gasteiger charge is 2.11. The van der Waals surface area contributed by atoms with Crippen LogP contribution >= 0.6 is 0 Å². The van der Waals surface area contributed by atoms with Gasteiger partial charge in [-0.3, -0.25) is 0 Å². The molecule has 2 aromatic carbocycles. The number of ether oxygens (including phenoxy) is 1. The largest absolute Gasteiger partial charge is 0.456 e. The molecule has 0 bridgehead atoms. The highest BCUT2D eigenvalue weighted by Crippen LogP contribution is 2.35. The van der Waals surface area contributed by atoms with Crippen molar-refractivity contribution in [1.29, 1.82) is 0 Å². The fourth-order valence-electron chi connectivity index (χ4n) is 2.38. The van der Waals surface area contributed by atoms with Gasteiger partial charge in [0.25, 0.3) is 0 Å². The van der Waals surface area contributed by atoms with Gasteiger partial charge in [-0.2, -0.15) is 0 Å². The lowest BCUT2D eigenvalue weighted by atomic mass is 10.0. The van der Waals surface area contributed by atoms with E-state index in [1.165, 1.54) is 0 Å². The Bertz CT molecular complexity index is 674. The number of para-hydroxylation sites is 2. The molecule has 0 N–H and O–H groups in total. The number of allylic oxidation sites excluding steroid dienone is 4. The molecule has 0 spiro atoms. The third-order valence-corrected chi connectivity index (χ3v) is 3.54. The summed E-state index contributed by atoms with van der Waals surface area (Å²) in [6.07, 6.45) is 5.15. The quantitative estimate of drug-likeness (QED) is 0.495. The average Bonchev–Trinajstić information content (AvgIpc) is 2.56. The molecule has 0 radical (unpaired) electrons. The van der Waals surface area contributed by atoms with Crippen LogP contribution in [0.25, 0.3) is 11.1 Å². The Hall–Kier alpha value is -2.80. The summed E-state index contributed by atoms with van der Waals surface area (Å²) in [5, 5.41) is 0. The van der Waals surface area contributed by atoms with E-state index in [2.05, 4.69) is 26.3 Å². The number of hydrogen-bond acceptors (Lipinski definition) is 1. The van der Waals surface area contributed by atoms with Crippen molar-refractivity contribution in [3.63, 3.8) is 0 Å². The van der Waals surface area contributed by atoms with Crippen LogP contribution in [0.3, 0.4) is 0 Å². The Morgan fingerprint density at radius 2 is 1.13 bits per heavy atom. The van der Waals surface area contributed by atoms with E-state index in [0.717, 1.165) is 46.6 Å². The minimum Gasteiger partial charge on any atom is -0.456 e. The van der Waals surface area contributed by atoms with Crippen molar-refractivity contribution in [3.05, 3.63) is 98.1 Å². The van der Waals surface area contributed by atoms with Gasteiger partial charge in [-0.25, -0.2) is 0 Å². The molecule has 0 unspecified atom stereocenters. The smallest absolute Gasteiger partial charge is 0.134 e. The molecule has 1 nitrogen and oxygen atoms in total.